The van der Waals surface area contributed by atoms with Crippen LogP contribution in [0.5, 0.6) is 0 Å². The Labute approximate surface area is 119 Å². The fraction of sp³-hybridized carbons (Fsp3) is 0.667. The van der Waals surface area contributed by atoms with E-state index in [0.717, 1.165) is 38.2 Å². The smallest absolute Gasteiger partial charge is 0.371 e. The van der Waals surface area contributed by atoms with Gasteiger partial charge in [-0.1, -0.05) is 13.3 Å². The number of aromatic carboxylic acids is 1. The summed E-state index contributed by atoms with van der Waals surface area (Å²) in [5.41, 5.74) is 0. The van der Waals surface area contributed by atoms with E-state index in [1.807, 2.05) is 0 Å². The molecule has 0 radical (unpaired) electrons. The Hall–Kier alpha value is -1.33. The average molecular weight is 280 g/mol. The van der Waals surface area contributed by atoms with Crippen molar-refractivity contribution >= 4 is 5.97 Å². The summed E-state index contributed by atoms with van der Waals surface area (Å²) in [4.78, 5) is 13.2. The Morgan fingerprint density at radius 3 is 3.00 bits per heavy atom. The highest BCUT2D eigenvalue weighted by molar-refractivity contribution is 5.84. The molecule has 0 aliphatic carbocycles. The molecule has 20 heavy (non-hydrogen) atoms. The summed E-state index contributed by atoms with van der Waals surface area (Å²) in [7, 11) is 0. The van der Waals surface area contributed by atoms with E-state index >= 15 is 0 Å². The van der Waals surface area contributed by atoms with Crippen LogP contribution in [0.3, 0.4) is 0 Å². The zero-order chi connectivity index (χ0) is 14.4. The molecule has 1 aromatic rings. The lowest BCUT2D eigenvalue weighted by molar-refractivity contribution is 0.0658. The molecule has 1 atom stereocenters. The monoisotopic (exact) mass is 280 g/mol. The van der Waals surface area contributed by atoms with Gasteiger partial charge in [0.15, 0.2) is 0 Å². The molecule has 2 N–H and O–H groups in total. The Bertz CT molecular complexity index is 425. The Kier molecular flexibility index (Phi) is 5.61. The number of carboxylic acid groups (broad SMARTS) is 1. The minimum absolute atomic E-state index is 0.0226. The fourth-order valence-corrected chi connectivity index (χ4v) is 2.64. The SMILES string of the molecule is CCCCN(Cc1ccc(C(=O)O)o1)CC1CCCN1. The van der Waals surface area contributed by atoms with Gasteiger partial charge in [-0.05, 0) is 44.5 Å². The van der Waals surface area contributed by atoms with Gasteiger partial charge in [-0.2, -0.15) is 0 Å². The molecule has 2 rings (SSSR count). The van der Waals surface area contributed by atoms with Gasteiger partial charge in [0, 0.05) is 12.6 Å². The molecular formula is C15H24N2O3. The Morgan fingerprint density at radius 2 is 2.40 bits per heavy atom. The first kappa shape index (κ1) is 15.1. The lowest BCUT2D eigenvalue weighted by atomic mass is 10.2. The summed E-state index contributed by atoms with van der Waals surface area (Å²) in [5, 5.41) is 12.4. The molecular weight excluding hydrogens is 256 g/mol. The Balaban J connectivity index is 1.92. The minimum Gasteiger partial charge on any atom is -0.475 e. The first-order valence-electron chi connectivity index (χ1n) is 7.46. The van der Waals surface area contributed by atoms with Crippen LogP contribution >= 0.6 is 0 Å². The van der Waals surface area contributed by atoms with Crippen molar-refractivity contribution in [2.24, 2.45) is 0 Å². The summed E-state index contributed by atoms with van der Waals surface area (Å²) in [6, 6.07) is 3.86. The molecule has 1 saturated heterocycles. The molecule has 1 aliphatic heterocycles. The molecule has 112 valence electrons. The van der Waals surface area contributed by atoms with Gasteiger partial charge in [0.05, 0.1) is 6.54 Å². The highest BCUT2D eigenvalue weighted by Crippen LogP contribution is 2.14. The molecule has 0 saturated carbocycles. The van der Waals surface area contributed by atoms with Crippen molar-refractivity contribution in [1.82, 2.24) is 10.2 Å². The van der Waals surface area contributed by atoms with Crippen molar-refractivity contribution in [2.45, 2.75) is 45.2 Å². The molecule has 1 unspecified atom stereocenters. The molecule has 5 heteroatoms. The summed E-state index contributed by atoms with van der Waals surface area (Å²) in [5.74, 6) is -0.250. The number of rotatable bonds is 8. The van der Waals surface area contributed by atoms with Crippen LogP contribution in [0.25, 0.3) is 0 Å². The largest absolute Gasteiger partial charge is 0.475 e. The maximum atomic E-state index is 10.8. The number of nitrogens with zero attached hydrogens (tertiary/aromatic N) is 1. The number of carbonyl (C=O) groups is 1. The second kappa shape index (κ2) is 7.45. The molecule has 0 aromatic carbocycles. The third-order valence-electron chi connectivity index (χ3n) is 3.72. The van der Waals surface area contributed by atoms with E-state index in [1.165, 1.54) is 18.9 Å². The first-order valence-corrected chi connectivity index (χ1v) is 7.46. The van der Waals surface area contributed by atoms with Crippen LogP contribution in [0.15, 0.2) is 16.5 Å². The van der Waals surface area contributed by atoms with Crippen LogP contribution in [0, 0.1) is 0 Å². The van der Waals surface area contributed by atoms with E-state index < -0.39 is 5.97 Å². The van der Waals surface area contributed by atoms with Crippen LogP contribution in [-0.4, -0.2) is 41.7 Å². The van der Waals surface area contributed by atoms with Gasteiger partial charge in [0.25, 0.3) is 0 Å². The maximum Gasteiger partial charge on any atom is 0.371 e. The van der Waals surface area contributed by atoms with Crippen molar-refractivity contribution < 1.29 is 14.3 Å². The topological polar surface area (TPSA) is 65.7 Å². The predicted octanol–water partition coefficient (Wildman–Crippen LogP) is 2.33. The second-order valence-electron chi connectivity index (χ2n) is 5.45. The van der Waals surface area contributed by atoms with Gasteiger partial charge in [0.1, 0.15) is 5.76 Å². The molecule has 0 spiro atoms. The molecule has 0 bridgehead atoms. The summed E-state index contributed by atoms with van der Waals surface area (Å²) < 4.78 is 5.36. The summed E-state index contributed by atoms with van der Waals surface area (Å²) in [6.07, 6.45) is 4.78. The van der Waals surface area contributed by atoms with E-state index in [1.54, 1.807) is 6.07 Å². The average Bonchev–Trinajstić information content (AvgIpc) is 3.07. The van der Waals surface area contributed by atoms with Crippen LogP contribution in [0.2, 0.25) is 0 Å². The predicted molar refractivity (Wildman–Crippen MR) is 76.9 cm³/mol. The van der Waals surface area contributed by atoms with Gasteiger partial charge in [0.2, 0.25) is 5.76 Å². The maximum absolute atomic E-state index is 10.8. The van der Waals surface area contributed by atoms with Gasteiger partial charge >= 0.3 is 5.97 Å². The number of furan rings is 1. The molecule has 2 heterocycles. The third kappa shape index (κ3) is 4.35. The molecule has 1 fully saturated rings. The highest BCUT2D eigenvalue weighted by Gasteiger charge is 2.19. The van der Waals surface area contributed by atoms with E-state index in [4.69, 9.17) is 9.52 Å². The second-order valence-corrected chi connectivity index (χ2v) is 5.45. The van der Waals surface area contributed by atoms with E-state index in [2.05, 4.69) is 17.1 Å². The van der Waals surface area contributed by atoms with E-state index in [0.29, 0.717) is 12.6 Å². The summed E-state index contributed by atoms with van der Waals surface area (Å²) >= 11 is 0. The van der Waals surface area contributed by atoms with Crippen molar-refractivity contribution in [2.75, 3.05) is 19.6 Å². The van der Waals surface area contributed by atoms with Gasteiger partial charge in [-0.3, -0.25) is 4.90 Å². The fourth-order valence-electron chi connectivity index (χ4n) is 2.64. The standard InChI is InChI=1S/C15H24N2O3/c1-2-3-9-17(10-12-5-4-8-16-12)11-13-6-7-14(20-13)15(18)19/h6-7,12,16H,2-5,8-11H2,1H3,(H,18,19). The number of nitrogens with one attached hydrogen (secondary N) is 1. The van der Waals surface area contributed by atoms with Crippen molar-refractivity contribution in [3.63, 3.8) is 0 Å². The number of hydrogen-bond donors (Lipinski definition) is 2. The molecule has 5 nitrogen and oxygen atoms in total. The quantitative estimate of drug-likeness (QED) is 0.765. The highest BCUT2D eigenvalue weighted by atomic mass is 16.4. The van der Waals surface area contributed by atoms with Crippen molar-refractivity contribution in [1.29, 1.82) is 0 Å². The van der Waals surface area contributed by atoms with E-state index in [-0.39, 0.29) is 5.76 Å². The zero-order valence-corrected chi connectivity index (χ0v) is 12.1. The molecule has 1 aromatic heterocycles. The van der Waals surface area contributed by atoms with Crippen LogP contribution < -0.4 is 5.32 Å². The first-order chi connectivity index (χ1) is 9.69. The third-order valence-corrected chi connectivity index (χ3v) is 3.72. The van der Waals surface area contributed by atoms with Gasteiger partial charge < -0.3 is 14.8 Å². The zero-order valence-electron chi connectivity index (χ0n) is 12.1. The molecule has 0 amide bonds. The lowest BCUT2D eigenvalue weighted by Crippen LogP contribution is -2.37. The molecule has 1 aliphatic rings. The lowest BCUT2D eigenvalue weighted by Gasteiger charge is -2.24. The van der Waals surface area contributed by atoms with E-state index in [9.17, 15) is 4.79 Å². The Morgan fingerprint density at radius 1 is 1.55 bits per heavy atom. The van der Waals surface area contributed by atoms with Crippen molar-refractivity contribution in [3.05, 3.63) is 23.7 Å². The number of carboxylic acids is 1. The van der Waals surface area contributed by atoms with Crippen LogP contribution in [0.1, 0.15) is 48.9 Å². The minimum atomic E-state index is -1.01. The number of hydrogen-bond acceptors (Lipinski definition) is 4. The van der Waals surface area contributed by atoms with Crippen LogP contribution in [0.4, 0.5) is 0 Å². The normalized spacial score (nSPS) is 18.8. The van der Waals surface area contributed by atoms with Gasteiger partial charge in [-0.25, -0.2) is 4.79 Å². The summed E-state index contributed by atoms with van der Waals surface area (Å²) in [6.45, 7) is 6.00. The van der Waals surface area contributed by atoms with Gasteiger partial charge in [-0.15, -0.1) is 0 Å². The number of unbranched alkanes of at least 4 members (excludes halogenated alkanes) is 1. The van der Waals surface area contributed by atoms with Crippen molar-refractivity contribution in [3.8, 4) is 0 Å². The van der Waals surface area contributed by atoms with Crippen LogP contribution in [-0.2, 0) is 6.54 Å².